The maximum absolute atomic E-state index is 12.5. The van der Waals surface area contributed by atoms with Gasteiger partial charge in [0.2, 0.25) is 10.0 Å². The van der Waals surface area contributed by atoms with Crippen LogP contribution in [-0.4, -0.2) is 32.3 Å². The highest BCUT2D eigenvalue weighted by Crippen LogP contribution is 2.35. The number of nitrogens with zero attached hydrogens (tertiary/aromatic N) is 1. The van der Waals surface area contributed by atoms with Gasteiger partial charge >= 0.3 is 0 Å². The molecule has 7 heteroatoms. The minimum atomic E-state index is -3.74. The Kier molecular flexibility index (Phi) is 3.96. The molecule has 1 aliphatic heterocycles. The van der Waals surface area contributed by atoms with Crippen LogP contribution < -0.4 is 5.14 Å². The van der Waals surface area contributed by atoms with E-state index in [1.54, 1.807) is 6.92 Å². The molecule has 1 aromatic rings. The molecular weight excluding hydrogens is 296 g/mol. The summed E-state index contributed by atoms with van der Waals surface area (Å²) >= 11 is 0.965. The lowest BCUT2D eigenvalue weighted by Gasteiger charge is -2.22. The van der Waals surface area contributed by atoms with Crippen molar-refractivity contribution in [2.45, 2.75) is 37.8 Å². The van der Waals surface area contributed by atoms with Gasteiger partial charge in [-0.1, -0.05) is 13.8 Å². The zero-order valence-electron chi connectivity index (χ0n) is 12.0. The second-order valence-electron chi connectivity index (χ2n) is 5.76. The minimum absolute atomic E-state index is 0.0517. The van der Waals surface area contributed by atoms with Crippen LogP contribution >= 0.6 is 11.3 Å². The lowest BCUT2D eigenvalue weighted by atomic mass is 9.87. The van der Waals surface area contributed by atoms with Crippen molar-refractivity contribution in [3.63, 3.8) is 0 Å². The second-order valence-corrected chi connectivity index (χ2v) is 8.60. The van der Waals surface area contributed by atoms with E-state index in [0.717, 1.165) is 37.3 Å². The topological polar surface area (TPSA) is 80.5 Å². The highest BCUT2D eigenvalue weighted by atomic mass is 32.2. The molecule has 2 rings (SSSR count). The van der Waals surface area contributed by atoms with Crippen molar-refractivity contribution in [3.05, 3.63) is 16.5 Å². The number of nitrogens with two attached hydrogens (primary N) is 1. The lowest BCUT2D eigenvalue weighted by Crippen LogP contribution is -2.30. The van der Waals surface area contributed by atoms with E-state index in [2.05, 4.69) is 13.8 Å². The molecule has 2 N–H and O–H groups in total. The summed E-state index contributed by atoms with van der Waals surface area (Å²) in [5.41, 5.74) is 0.845. The number of aryl methyl sites for hydroxylation is 1. The Labute approximate surface area is 123 Å². The van der Waals surface area contributed by atoms with Gasteiger partial charge in [0.05, 0.1) is 4.88 Å². The quantitative estimate of drug-likeness (QED) is 0.925. The first-order valence-corrected chi connectivity index (χ1v) is 8.95. The van der Waals surface area contributed by atoms with Gasteiger partial charge in [-0.05, 0) is 36.8 Å². The van der Waals surface area contributed by atoms with Gasteiger partial charge < -0.3 is 4.90 Å². The van der Waals surface area contributed by atoms with E-state index >= 15 is 0 Å². The van der Waals surface area contributed by atoms with Crippen LogP contribution in [0, 0.1) is 12.3 Å². The van der Waals surface area contributed by atoms with Gasteiger partial charge in [0.1, 0.15) is 4.21 Å². The van der Waals surface area contributed by atoms with E-state index in [-0.39, 0.29) is 15.5 Å². The Morgan fingerprint density at radius 1 is 1.55 bits per heavy atom. The number of sulfonamides is 1. The molecule has 1 saturated heterocycles. The zero-order chi connectivity index (χ0) is 15.1. The number of carbonyl (C=O) groups excluding carboxylic acids is 1. The number of carbonyl (C=O) groups is 1. The fraction of sp³-hybridized carbons (Fsp3) is 0.615. The fourth-order valence-corrected chi connectivity index (χ4v) is 4.36. The molecular formula is C13H20N2O3S2. The van der Waals surface area contributed by atoms with Crippen molar-refractivity contribution in [2.24, 2.45) is 10.6 Å². The molecule has 0 radical (unpaired) electrons. The van der Waals surface area contributed by atoms with Gasteiger partial charge in [-0.25, -0.2) is 13.6 Å². The molecule has 0 saturated carbocycles. The predicted octanol–water partition coefficient (Wildman–Crippen LogP) is 1.97. The molecule has 1 amide bonds. The highest BCUT2D eigenvalue weighted by molar-refractivity contribution is 7.91. The lowest BCUT2D eigenvalue weighted by molar-refractivity contribution is 0.0779. The average Bonchev–Trinajstić information content (AvgIpc) is 2.92. The summed E-state index contributed by atoms with van der Waals surface area (Å²) in [5, 5.41) is 5.11. The maximum atomic E-state index is 12.5. The first-order valence-electron chi connectivity index (χ1n) is 6.59. The Hall–Kier alpha value is -0.920. The summed E-state index contributed by atoms with van der Waals surface area (Å²) < 4.78 is 22.8. The highest BCUT2D eigenvalue weighted by Gasteiger charge is 2.35. The van der Waals surface area contributed by atoms with Gasteiger partial charge in [0.15, 0.2) is 0 Å². The Balaban J connectivity index is 2.25. The van der Waals surface area contributed by atoms with E-state index in [1.807, 2.05) is 4.90 Å². The van der Waals surface area contributed by atoms with Crippen LogP contribution in [0.25, 0.3) is 0 Å². The van der Waals surface area contributed by atoms with Gasteiger partial charge in [-0.15, -0.1) is 11.3 Å². The molecule has 1 unspecified atom stereocenters. The summed E-state index contributed by atoms with van der Waals surface area (Å²) in [5.74, 6) is -0.0837. The SMILES string of the molecule is CCC1(C)CCN(C(=O)c2sc(S(N)(=O)=O)cc2C)C1. The molecule has 112 valence electrons. The maximum Gasteiger partial charge on any atom is 0.264 e. The van der Waals surface area contributed by atoms with Crippen LogP contribution in [0.2, 0.25) is 0 Å². The van der Waals surface area contributed by atoms with Crippen LogP contribution in [-0.2, 0) is 10.0 Å². The van der Waals surface area contributed by atoms with E-state index in [1.165, 1.54) is 6.07 Å². The van der Waals surface area contributed by atoms with Crippen molar-refractivity contribution in [2.75, 3.05) is 13.1 Å². The standard InChI is InChI=1S/C13H20N2O3S2/c1-4-13(3)5-6-15(8-13)12(16)11-9(2)7-10(19-11)20(14,17)18/h7H,4-6,8H2,1-3H3,(H2,14,17,18). The summed E-state index contributed by atoms with van der Waals surface area (Å²) in [6.07, 6.45) is 2.02. The number of likely N-dealkylation sites (tertiary alicyclic amines) is 1. The molecule has 20 heavy (non-hydrogen) atoms. The summed E-state index contributed by atoms with van der Waals surface area (Å²) in [4.78, 5) is 14.8. The monoisotopic (exact) mass is 316 g/mol. The molecule has 1 aliphatic rings. The number of thiophene rings is 1. The van der Waals surface area contributed by atoms with E-state index in [0.29, 0.717) is 10.4 Å². The molecule has 0 aromatic carbocycles. The number of hydrogen-bond acceptors (Lipinski definition) is 4. The number of rotatable bonds is 3. The number of hydrogen-bond donors (Lipinski definition) is 1. The van der Waals surface area contributed by atoms with E-state index in [4.69, 9.17) is 5.14 Å². The van der Waals surface area contributed by atoms with Crippen LogP contribution in [0.3, 0.4) is 0 Å². The smallest absolute Gasteiger partial charge is 0.264 e. The first-order chi connectivity index (χ1) is 9.16. The fourth-order valence-electron chi connectivity index (χ4n) is 2.43. The van der Waals surface area contributed by atoms with Crippen molar-refractivity contribution >= 4 is 27.3 Å². The average molecular weight is 316 g/mol. The second kappa shape index (κ2) is 5.13. The summed E-state index contributed by atoms with van der Waals surface area (Å²) in [6, 6.07) is 1.47. The normalized spacial score (nSPS) is 23.3. The molecule has 1 atom stereocenters. The Bertz CT molecular complexity index is 636. The molecule has 5 nitrogen and oxygen atoms in total. The number of amides is 1. The first kappa shape index (κ1) is 15.5. The van der Waals surface area contributed by atoms with Crippen molar-refractivity contribution in [1.29, 1.82) is 0 Å². The van der Waals surface area contributed by atoms with Crippen molar-refractivity contribution < 1.29 is 13.2 Å². The molecule has 0 bridgehead atoms. The third kappa shape index (κ3) is 2.89. The van der Waals surface area contributed by atoms with E-state index in [9.17, 15) is 13.2 Å². The molecule has 0 spiro atoms. The summed E-state index contributed by atoms with van der Waals surface area (Å²) in [7, 11) is -3.74. The molecule has 0 aliphatic carbocycles. The molecule has 1 fully saturated rings. The van der Waals surface area contributed by atoms with Gasteiger partial charge in [0.25, 0.3) is 5.91 Å². The third-order valence-corrected chi connectivity index (χ3v) is 6.71. The predicted molar refractivity (Wildman–Crippen MR) is 79.3 cm³/mol. The van der Waals surface area contributed by atoms with Crippen LogP contribution in [0.4, 0.5) is 0 Å². The third-order valence-electron chi connectivity index (χ3n) is 4.07. The summed E-state index contributed by atoms with van der Waals surface area (Å²) in [6.45, 7) is 7.50. The van der Waals surface area contributed by atoms with Gasteiger partial charge in [-0.2, -0.15) is 0 Å². The van der Waals surface area contributed by atoms with Crippen molar-refractivity contribution in [1.82, 2.24) is 4.90 Å². The zero-order valence-corrected chi connectivity index (χ0v) is 13.6. The van der Waals surface area contributed by atoms with Crippen molar-refractivity contribution in [3.8, 4) is 0 Å². The number of primary sulfonamides is 1. The minimum Gasteiger partial charge on any atom is -0.337 e. The Morgan fingerprint density at radius 3 is 2.65 bits per heavy atom. The Morgan fingerprint density at radius 2 is 2.20 bits per heavy atom. The molecule has 2 heterocycles. The van der Waals surface area contributed by atoms with Crippen LogP contribution in [0.1, 0.15) is 41.9 Å². The van der Waals surface area contributed by atoms with Crippen LogP contribution in [0.5, 0.6) is 0 Å². The van der Waals surface area contributed by atoms with Gasteiger partial charge in [0, 0.05) is 13.1 Å². The van der Waals surface area contributed by atoms with Gasteiger partial charge in [-0.3, -0.25) is 4.79 Å². The molecule has 1 aromatic heterocycles. The largest absolute Gasteiger partial charge is 0.337 e. The van der Waals surface area contributed by atoms with E-state index < -0.39 is 10.0 Å². The van der Waals surface area contributed by atoms with Crippen LogP contribution in [0.15, 0.2) is 10.3 Å².